The van der Waals surface area contributed by atoms with Gasteiger partial charge < -0.3 is 15.3 Å². The first-order chi connectivity index (χ1) is 19.3. The molecular formula is C37H28O3. The van der Waals surface area contributed by atoms with Crippen molar-refractivity contribution in [2.24, 2.45) is 0 Å². The van der Waals surface area contributed by atoms with Crippen LogP contribution in [0.3, 0.4) is 0 Å². The molecule has 0 bridgehead atoms. The van der Waals surface area contributed by atoms with E-state index in [-0.39, 0.29) is 11.5 Å². The average molecular weight is 521 g/mol. The molecule has 0 saturated heterocycles. The zero-order valence-electron chi connectivity index (χ0n) is 22.3. The van der Waals surface area contributed by atoms with E-state index in [0.29, 0.717) is 0 Å². The number of hydrogen-bond acceptors (Lipinski definition) is 3. The van der Waals surface area contributed by atoms with Gasteiger partial charge in [0.25, 0.3) is 0 Å². The standard InChI is InChI=1S/C37H28O3/c1-37(2,40)32-12-6-3-9-24(32)30-21-31(26-11-5-8-14-34(26)39)29-20-19-27-23(25-10-4-7-13-33(25)38)17-15-22-16-18-28(30)36(29)35(22)27/h3-21,38-40H,1-2H3. The van der Waals surface area contributed by atoms with Crippen molar-refractivity contribution in [3.8, 4) is 44.9 Å². The van der Waals surface area contributed by atoms with Gasteiger partial charge in [-0.3, -0.25) is 0 Å². The molecule has 3 heteroatoms. The normalized spacial score (nSPS) is 12.1. The van der Waals surface area contributed by atoms with Crippen LogP contribution in [-0.4, -0.2) is 15.3 Å². The predicted octanol–water partition coefficient (Wildman–Crippen LogP) is 9.22. The van der Waals surface area contributed by atoms with E-state index < -0.39 is 5.60 Å². The molecule has 0 fully saturated rings. The summed E-state index contributed by atoms with van der Waals surface area (Å²) in [7, 11) is 0. The Morgan fingerprint density at radius 1 is 0.450 bits per heavy atom. The van der Waals surface area contributed by atoms with Crippen molar-refractivity contribution in [3.05, 3.63) is 121 Å². The molecule has 0 spiro atoms. The van der Waals surface area contributed by atoms with Gasteiger partial charge in [0.15, 0.2) is 0 Å². The van der Waals surface area contributed by atoms with E-state index in [0.717, 1.165) is 71.3 Å². The van der Waals surface area contributed by atoms with Crippen molar-refractivity contribution < 1.29 is 15.3 Å². The molecule has 0 aliphatic heterocycles. The van der Waals surface area contributed by atoms with Crippen molar-refractivity contribution >= 4 is 32.3 Å². The quantitative estimate of drug-likeness (QED) is 0.203. The minimum atomic E-state index is -1.05. The highest BCUT2D eigenvalue weighted by molar-refractivity contribution is 6.30. The molecule has 0 radical (unpaired) electrons. The maximum atomic E-state index is 11.1. The Kier molecular flexibility index (Phi) is 5.35. The van der Waals surface area contributed by atoms with Crippen molar-refractivity contribution in [2.75, 3.05) is 0 Å². The highest BCUT2D eigenvalue weighted by atomic mass is 16.3. The van der Waals surface area contributed by atoms with Crippen LogP contribution in [0, 0.1) is 0 Å². The molecule has 0 atom stereocenters. The van der Waals surface area contributed by atoms with E-state index in [4.69, 9.17) is 0 Å². The average Bonchev–Trinajstić information content (AvgIpc) is 2.96. The van der Waals surface area contributed by atoms with Crippen molar-refractivity contribution in [3.63, 3.8) is 0 Å². The molecule has 0 aliphatic rings. The van der Waals surface area contributed by atoms with Gasteiger partial charge in [-0.05, 0) is 92.2 Å². The minimum Gasteiger partial charge on any atom is -0.507 e. The van der Waals surface area contributed by atoms with Gasteiger partial charge in [0.05, 0.1) is 5.60 Å². The third-order valence-corrected chi connectivity index (χ3v) is 8.05. The van der Waals surface area contributed by atoms with Crippen LogP contribution in [0.1, 0.15) is 19.4 Å². The number of phenols is 2. The number of para-hydroxylation sites is 2. The maximum Gasteiger partial charge on any atom is 0.123 e. The lowest BCUT2D eigenvalue weighted by molar-refractivity contribution is 0.0792. The lowest BCUT2D eigenvalue weighted by Crippen LogP contribution is -2.16. The van der Waals surface area contributed by atoms with Gasteiger partial charge in [-0.2, -0.15) is 0 Å². The fourth-order valence-electron chi connectivity index (χ4n) is 6.23. The van der Waals surface area contributed by atoms with Crippen LogP contribution in [0.2, 0.25) is 0 Å². The van der Waals surface area contributed by atoms with Gasteiger partial charge >= 0.3 is 0 Å². The summed E-state index contributed by atoms with van der Waals surface area (Å²) < 4.78 is 0. The summed E-state index contributed by atoms with van der Waals surface area (Å²) >= 11 is 0. The minimum absolute atomic E-state index is 0.217. The SMILES string of the molecule is CC(C)(O)c1ccccc1-c1cc(-c2ccccc2O)c2ccc3c(-c4ccccc4O)ccc4ccc1c2c43. The number of phenolic OH excluding ortho intramolecular Hbond substituents is 2. The van der Waals surface area contributed by atoms with Crippen LogP contribution in [-0.2, 0) is 5.60 Å². The smallest absolute Gasteiger partial charge is 0.123 e. The lowest BCUT2D eigenvalue weighted by atomic mass is 9.81. The summed E-state index contributed by atoms with van der Waals surface area (Å²) in [6.45, 7) is 3.62. The second-order valence-corrected chi connectivity index (χ2v) is 11.0. The van der Waals surface area contributed by atoms with Crippen LogP contribution in [0.25, 0.3) is 65.7 Å². The molecule has 7 rings (SSSR count). The Hall–Kier alpha value is -4.86. The lowest BCUT2D eigenvalue weighted by Gasteiger charge is -2.24. The number of hydrogen-bond donors (Lipinski definition) is 3. The molecule has 3 N–H and O–H groups in total. The molecule has 7 aromatic carbocycles. The molecule has 0 unspecified atom stereocenters. The van der Waals surface area contributed by atoms with E-state index in [1.165, 1.54) is 0 Å². The summed E-state index contributed by atoms with van der Waals surface area (Å²) in [4.78, 5) is 0. The van der Waals surface area contributed by atoms with Gasteiger partial charge in [0.1, 0.15) is 11.5 Å². The molecule has 0 aromatic heterocycles. The zero-order chi connectivity index (χ0) is 27.6. The summed E-state index contributed by atoms with van der Waals surface area (Å²) in [5, 5.41) is 39.3. The first-order valence-electron chi connectivity index (χ1n) is 13.5. The maximum absolute atomic E-state index is 11.1. The van der Waals surface area contributed by atoms with Crippen molar-refractivity contribution in [2.45, 2.75) is 19.4 Å². The summed E-state index contributed by atoms with van der Waals surface area (Å²) in [6, 6.07) is 37.7. The molecule has 0 amide bonds. The van der Waals surface area contributed by atoms with Crippen molar-refractivity contribution in [1.82, 2.24) is 0 Å². The number of aliphatic hydroxyl groups is 1. The fraction of sp³-hybridized carbons (Fsp3) is 0.0811. The van der Waals surface area contributed by atoms with Crippen LogP contribution >= 0.6 is 0 Å². The predicted molar refractivity (Wildman–Crippen MR) is 165 cm³/mol. The Bertz CT molecular complexity index is 2060. The first kappa shape index (κ1) is 24.2. The molecule has 0 saturated carbocycles. The van der Waals surface area contributed by atoms with Gasteiger partial charge in [-0.1, -0.05) is 97.1 Å². The van der Waals surface area contributed by atoms with Crippen LogP contribution in [0.4, 0.5) is 0 Å². The monoisotopic (exact) mass is 520 g/mol. The Balaban J connectivity index is 1.68. The Labute approximate surface area is 232 Å². The second kappa shape index (κ2) is 8.84. The largest absolute Gasteiger partial charge is 0.507 e. The molecule has 0 aliphatic carbocycles. The van der Waals surface area contributed by atoms with Gasteiger partial charge in [-0.25, -0.2) is 0 Å². The van der Waals surface area contributed by atoms with Crippen LogP contribution in [0.5, 0.6) is 11.5 Å². The van der Waals surface area contributed by atoms with E-state index >= 15 is 0 Å². The molecule has 3 nitrogen and oxygen atoms in total. The number of benzene rings is 7. The number of rotatable bonds is 4. The molecule has 194 valence electrons. The highest BCUT2D eigenvalue weighted by Crippen LogP contribution is 2.48. The Morgan fingerprint density at radius 2 is 0.925 bits per heavy atom. The third kappa shape index (κ3) is 3.63. The van der Waals surface area contributed by atoms with Gasteiger partial charge in [0, 0.05) is 11.1 Å². The van der Waals surface area contributed by atoms with E-state index in [1.54, 1.807) is 12.1 Å². The molecule has 7 aromatic rings. The topological polar surface area (TPSA) is 60.7 Å². The first-order valence-corrected chi connectivity index (χ1v) is 13.5. The molecule has 40 heavy (non-hydrogen) atoms. The van der Waals surface area contributed by atoms with Gasteiger partial charge in [0.2, 0.25) is 0 Å². The highest BCUT2D eigenvalue weighted by Gasteiger charge is 2.24. The summed E-state index contributed by atoms with van der Waals surface area (Å²) in [5.74, 6) is 0.460. The van der Waals surface area contributed by atoms with E-state index in [2.05, 4.69) is 48.5 Å². The van der Waals surface area contributed by atoms with Gasteiger partial charge in [-0.15, -0.1) is 0 Å². The second-order valence-electron chi connectivity index (χ2n) is 11.0. The van der Waals surface area contributed by atoms with Crippen LogP contribution in [0.15, 0.2) is 115 Å². The molecule has 0 heterocycles. The summed E-state index contributed by atoms with van der Waals surface area (Å²) in [5.41, 5.74) is 5.16. The molecular weight excluding hydrogens is 492 g/mol. The van der Waals surface area contributed by atoms with Crippen molar-refractivity contribution in [1.29, 1.82) is 0 Å². The summed E-state index contributed by atoms with van der Waals surface area (Å²) in [6.07, 6.45) is 0. The van der Waals surface area contributed by atoms with E-state index in [9.17, 15) is 15.3 Å². The zero-order valence-corrected chi connectivity index (χ0v) is 22.3. The Morgan fingerprint density at radius 3 is 1.55 bits per heavy atom. The number of aromatic hydroxyl groups is 2. The van der Waals surface area contributed by atoms with E-state index in [1.807, 2.05) is 68.4 Å². The van der Waals surface area contributed by atoms with Crippen LogP contribution < -0.4 is 0 Å². The third-order valence-electron chi connectivity index (χ3n) is 8.05. The fourth-order valence-corrected chi connectivity index (χ4v) is 6.23.